The van der Waals surface area contributed by atoms with Crippen LogP contribution in [0, 0.1) is 12.8 Å². The highest BCUT2D eigenvalue weighted by Crippen LogP contribution is 2.45. The largest absolute Gasteiger partial charge is 0.493 e. The highest BCUT2D eigenvalue weighted by atomic mass is 16.5. The van der Waals surface area contributed by atoms with Gasteiger partial charge in [0.2, 0.25) is 5.75 Å². The Bertz CT molecular complexity index is 841. The van der Waals surface area contributed by atoms with Gasteiger partial charge in [0.15, 0.2) is 11.5 Å². The lowest BCUT2D eigenvalue weighted by Crippen LogP contribution is -2.39. The lowest BCUT2D eigenvalue weighted by molar-refractivity contribution is -0.143. The van der Waals surface area contributed by atoms with Gasteiger partial charge in [0.25, 0.3) is 0 Å². The zero-order valence-corrected chi connectivity index (χ0v) is 17.5. The Morgan fingerprint density at radius 3 is 2.10 bits per heavy atom. The molecule has 156 valence electrons. The minimum absolute atomic E-state index is 0.0694. The SMILES string of the molecule is COc1ccc(C(c2ccc(C)cc2)N2CCC(C(=O)O)CC2)c(OC)c1OC. The maximum Gasteiger partial charge on any atom is 0.306 e. The minimum Gasteiger partial charge on any atom is -0.493 e. The van der Waals surface area contributed by atoms with Crippen LogP contribution in [-0.4, -0.2) is 50.4 Å². The monoisotopic (exact) mass is 399 g/mol. The van der Waals surface area contributed by atoms with Crippen molar-refractivity contribution in [1.82, 2.24) is 4.90 Å². The molecule has 1 fully saturated rings. The summed E-state index contributed by atoms with van der Waals surface area (Å²) < 4.78 is 16.8. The molecular weight excluding hydrogens is 370 g/mol. The van der Waals surface area contributed by atoms with Crippen LogP contribution in [0.3, 0.4) is 0 Å². The molecule has 29 heavy (non-hydrogen) atoms. The first kappa shape index (κ1) is 21.0. The number of aryl methyl sites for hydroxylation is 1. The molecule has 0 spiro atoms. The Labute approximate surface area is 172 Å². The highest BCUT2D eigenvalue weighted by molar-refractivity contribution is 5.70. The van der Waals surface area contributed by atoms with E-state index >= 15 is 0 Å². The number of ether oxygens (including phenoxy) is 3. The fourth-order valence-electron chi connectivity index (χ4n) is 4.08. The smallest absolute Gasteiger partial charge is 0.306 e. The molecular formula is C23H29NO5. The molecule has 6 nitrogen and oxygen atoms in total. The van der Waals surface area contributed by atoms with Gasteiger partial charge in [-0.05, 0) is 50.6 Å². The average Bonchev–Trinajstić information content (AvgIpc) is 2.75. The Hall–Kier alpha value is -2.73. The van der Waals surface area contributed by atoms with E-state index < -0.39 is 5.97 Å². The van der Waals surface area contributed by atoms with Crippen molar-refractivity contribution in [1.29, 1.82) is 0 Å². The fraction of sp³-hybridized carbons (Fsp3) is 0.435. The van der Waals surface area contributed by atoms with Gasteiger partial charge in [-0.3, -0.25) is 9.69 Å². The maximum atomic E-state index is 11.4. The molecule has 0 radical (unpaired) electrons. The van der Waals surface area contributed by atoms with Crippen molar-refractivity contribution in [3.8, 4) is 17.2 Å². The molecule has 0 saturated carbocycles. The molecule has 2 aromatic rings. The highest BCUT2D eigenvalue weighted by Gasteiger charge is 2.33. The number of rotatable bonds is 7. The molecule has 1 unspecified atom stereocenters. The summed E-state index contributed by atoms with van der Waals surface area (Å²) in [7, 11) is 4.83. The van der Waals surface area contributed by atoms with Gasteiger partial charge in [0.05, 0.1) is 33.3 Å². The van der Waals surface area contributed by atoms with Gasteiger partial charge in [-0.25, -0.2) is 0 Å². The summed E-state index contributed by atoms with van der Waals surface area (Å²) in [5.41, 5.74) is 3.30. The van der Waals surface area contributed by atoms with E-state index in [0.717, 1.165) is 11.1 Å². The predicted octanol–water partition coefficient (Wildman–Crippen LogP) is 3.91. The number of piperidine rings is 1. The summed E-state index contributed by atoms with van der Waals surface area (Å²) in [4.78, 5) is 13.7. The van der Waals surface area contributed by atoms with Crippen molar-refractivity contribution in [2.75, 3.05) is 34.4 Å². The normalized spacial score (nSPS) is 16.3. The number of methoxy groups -OCH3 is 3. The van der Waals surface area contributed by atoms with E-state index in [-0.39, 0.29) is 12.0 Å². The maximum absolute atomic E-state index is 11.4. The van der Waals surface area contributed by atoms with Crippen molar-refractivity contribution < 1.29 is 24.1 Å². The van der Waals surface area contributed by atoms with Crippen LogP contribution < -0.4 is 14.2 Å². The number of carboxylic acid groups (broad SMARTS) is 1. The van der Waals surface area contributed by atoms with E-state index in [1.807, 2.05) is 12.1 Å². The van der Waals surface area contributed by atoms with Crippen LogP contribution in [0.1, 0.15) is 35.6 Å². The second kappa shape index (κ2) is 9.18. The number of hydrogen-bond acceptors (Lipinski definition) is 5. The summed E-state index contributed by atoms with van der Waals surface area (Å²) in [6.45, 7) is 3.47. The van der Waals surface area contributed by atoms with E-state index in [1.54, 1.807) is 21.3 Å². The summed E-state index contributed by atoms with van der Waals surface area (Å²) >= 11 is 0. The van der Waals surface area contributed by atoms with Crippen LogP contribution in [-0.2, 0) is 4.79 Å². The fourth-order valence-corrected chi connectivity index (χ4v) is 4.08. The van der Waals surface area contributed by atoms with Crippen LogP contribution in [0.4, 0.5) is 0 Å². The van der Waals surface area contributed by atoms with Crippen molar-refractivity contribution in [3.63, 3.8) is 0 Å². The lowest BCUT2D eigenvalue weighted by Gasteiger charge is -2.37. The van der Waals surface area contributed by atoms with Crippen LogP contribution in [0.2, 0.25) is 0 Å². The Balaban J connectivity index is 2.07. The first-order chi connectivity index (χ1) is 14.0. The van der Waals surface area contributed by atoms with Gasteiger partial charge >= 0.3 is 5.97 Å². The molecule has 3 rings (SSSR count). The summed E-state index contributed by atoms with van der Waals surface area (Å²) in [5, 5.41) is 9.37. The molecule has 1 heterocycles. The van der Waals surface area contributed by atoms with E-state index in [4.69, 9.17) is 14.2 Å². The molecule has 0 aliphatic carbocycles. The lowest BCUT2D eigenvalue weighted by atomic mass is 9.90. The summed E-state index contributed by atoms with van der Waals surface area (Å²) in [6.07, 6.45) is 1.26. The number of nitrogens with zero attached hydrogens (tertiary/aromatic N) is 1. The Morgan fingerprint density at radius 2 is 1.59 bits per heavy atom. The minimum atomic E-state index is -0.708. The number of benzene rings is 2. The molecule has 1 saturated heterocycles. The van der Waals surface area contributed by atoms with E-state index in [2.05, 4.69) is 36.1 Å². The molecule has 0 aromatic heterocycles. The van der Waals surface area contributed by atoms with Gasteiger partial charge < -0.3 is 19.3 Å². The van der Waals surface area contributed by atoms with Crippen LogP contribution >= 0.6 is 0 Å². The second-order valence-electron chi connectivity index (χ2n) is 7.39. The van der Waals surface area contributed by atoms with Crippen molar-refractivity contribution in [3.05, 3.63) is 53.1 Å². The van der Waals surface area contributed by atoms with Crippen LogP contribution in [0.25, 0.3) is 0 Å². The van der Waals surface area contributed by atoms with E-state index in [0.29, 0.717) is 43.2 Å². The average molecular weight is 399 g/mol. The Kier molecular flexibility index (Phi) is 6.64. The standard InChI is InChI=1S/C23H29NO5/c1-15-5-7-16(8-6-15)20(24-13-11-17(12-14-24)23(25)26)18-9-10-19(27-2)22(29-4)21(18)28-3/h5-10,17,20H,11-14H2,1-4H3,(H,25,26). The van der Waals surface area contributed by atoms with Crippen molar-refractivity contribution >= 4 is 5.97 Å². The van der Waals surface area contributed by atoms with Crippen LogP contribution in [0.5, 0.6) is 17.2 Å². The number of carbonyl (C=O) groups is 1. The van der Waals surface area contributed by atoms with Gasteiger partial charge in [-0.2, -0.15) is 0 Å². The molecule has 0 amide bonds. The predicted molar refractivity (Wildman–Crippen MR) is 111 cm³/mol. The third-order valence-electron chi connectivity index (χ3n) is 5.67. The zero-order chi connectivity index (χ0) is 21.0. The number of likely N-dealkylation sites (tertiary alicyclic amines) is 1. The summed E-state index contributed by atoms with van der Waals surface area (Å²) in [5.74, 6) is 0.820. The Morgan fingerprint density at radius 1 is 0.966 bits per heavy atom. The molecule has 0 bridgehead atoms. The molecule has 1 N–H and O–H groups in total. The quantitative estimate of drug-likeness (QED) is 0.761. The van der Waals surface area contributed by atoms with Gasteiger partial charge in [-0.1, -0.05) is 29.8 Å². The van der Waals surface area contributed by atoms with E-state index in [9.17, 15) is 9.90 Å². The van der Waals surface area contributed by atoms with Gasteiger partial charge in [-0.15, -0.1) is 0 Å². The van der Waals surface area contributed by atoms with E-state index in [1.165, 1.54) is 5.56 Å². The first-order valence-electron chi connectivity index (χ1n) is 9.82. The third-order valence-corrected chi connectivity index (χ3v) is 5.67. The van der Waals surface area contributed by atoms with Crippen molar-refractivity contribution in [2.24, 2.45) is 5.92 Å². The summed E-state index contributed by atoms with van der Waals surface area (Å²) in [6, 6.07) is 12.3. The molecule has 1 aliphatic rings. The topological polar surface area (TPSA) is 68.2 Å². The second-order valence-corrected chi connectivity index (χ2v) is 7.39. The number of hydrogen-bond donors (Lipinski definition) is 1. The van der Waals surface area contributed by atoms with Gasteiger partial charge in [0, 0.05) is 5.56 Å². The molecule has 2 aromatic carbocycles. The van der Waals surface area contributed by atoms with Crippen LogP contribution in [0.15, 0.2) is 36.4 Å². The molecule has 1 aliphatic heterocycles. The van der Waals surface area contributed by atoms with Crippen molar-refractivity contribution in [2.45, 2.75) is 25.8 Å². The number of carboxylic acids is 1. The first-order valence-corrected chi connectivity index (χ1v) is 9.82. The molecule has 6 heteroatoms. The van der Waals surface area contributed by atoms with Gasteiger partial charge in [0.1, 0.15) is 0 Å². The third kappa shape index (κ3) is 4.32. The number of aliphatic carboxylic acids is 1. The molecule has 1 atom stereocenters. The zero-order valence-electron chi connectivity index (χ0n) is 17.5.